The SMILES string of the molecule is COc1c(Cc2cc(Cl)c3ccccc3c2OC)cc(Cl)c2ccccc12. The molecular weight excluding hydrogens is 379 g/mol. The molecule has 4 aromatic rings. The topological polar surface area (TPSA) is 18.5 Å². The summed E-state index contributed by atoms with van der Waals surface area (Å²) in [5.74, 6) is 1.64. The van der Waals surface area contributed by atoms with Crippen molar-refractivity contribution in [3.8, 4) is 11.5 Å². The van der Waals surface area contributed by atoms with E-state index in [2.05, 4.69) is 0 Å². The molecule has 0 aromatic heterocycles. The van der Waals surface area contributed by atoms with Crippen molar-refractivity contribution in [2.45, 2.75) is 6.42 Å². The molecule has 0 aliphatic heterocycles. The summed E-state index contributed by atoms with van der Waals surface area (Å²) in [5.41, 5.74) is 1.98. The quantitative estimate of drug-likeness (QED) is 0.373. The van der Waals surface area contributed by atoms with Crippen molar-refractivity contribution in [3.05, 3.63) is 81.8 Å². The molecule has 0 spiro atoms. The lowest BCUT2D eigenvalue weighted by atomic mass is 9.96. The molecule has 0 radical (unpaired) electrons. The highest BCUT2D eigenvalue weighted by molar-refractivity contribution is 6.36. The van der Waals surface area contributed by atoms with Gasteiger partial charge in [0.15, 0.2) is 0 Å². The third kappa shape index (κ3) is 3.09. The van der Waals surface area contributed by atoms with E-state index in [0.717, 1.165) is 44.2 Å². The van der Waals surface area contributed by atoms with E-state index in [4.69, 9.17) is 32.7 Å². The van der Waals surface area contributed by atoms with Gasteiger partial charge in [0.25, 0.3) is 0 Å². The largest absolute Gasteiger partial charge is 0.496 e. The summed E-state index contributed by atoms with van der Waals surface area (Å²) in [6.07, 6.45) is 0.599. The van der Waals surface area contributed by atoms with E-state index in [0.29, 0.717) is 16.5 Å². The zero-order valence-corrected chi connectivity index (χ0v) is 16.6. The molecule has 0 amide bonds. The van der Waals surface area contributed by atoms with Gasteiger partial charge in [-0.1, -0.05) is 71.7 Å². The first-order chi connectivity index (χ1) is 13.1. The summed E-state index contributed by atoms with van der Waals surface area (Å²) in [7, 11) is 3.37. The summed E-state index contributed by atoms with van der Waals surface area (Å²) >= 11 is 13.1. The Bertz CT molecular complexity index is 1060. The summed E-state index contributed by atoms with van der Waals surface area (Å²) in [4.78, 5) is 0. The van der Waals surface area contributed by atoms with Crippen LogP contribution in [0.1, 0.15) is 11.1 Å². The number of fused-ring (bicyclic) bond motifs is 2. The van der Waals surface area contributed by atoms with Gasteiger partial charge in [-0.3, -0.25) is 0 Å². The Labute approximate surface area is 168 Å². The van der Waals surface area contributed by atoms with E-state index in [1.807, 2.05) is 60.7 Å². The zero-order valence-electron chi connectivity index (χ0n) is 15.1. The van der Waals surface area contributed by atoms with Crippen molar-refractivity contribution in [1.29, 1.82) is 0 Å². The Morgan fingerprint density at radius 1 is 0.630 bits per heavy atom. The molecule has 136 valence electrons. The van der Waals surface area contributed by atoms with Crippen LogP contribution in [-0.4, -0.2) is 14.2 Å². The average molecular weight is 397 g/mol. The van der Waals surface area contributed by atoms with E-state index in [9.17, 15) is 0 Å². The van der Waals surface area contributed by atoms with E-state index in [1.165, 1.54) is 0 Å². The maximum absolute atomic E-state index is 6.54. The molecule has 0 heterocycles. The molecule has 4 aromatic carbocycles. The van der Waals surface area contributed by atoms with Crippen LogP contribution in [-0.2, 0) is 6.42 Å². The Hall–Kier alpha value is -2.42. The zero-order chi connectivity index (χ0) is 19.0. The smallest absolute Gasteiger partial charge is 0.130 e. The predicted molar refractivity (Wildman–Crippen MR) is 114 cm³/mol. The molecule has 4 heteroatoms. The number of hydrogen-bond donors (Lipinski definition) is 0. The third-order valence-corrected chi connectivity index (χ3v) is 5.46. The number of hydrogen-bond acceptors (Lipinski definition) is 2. The minimum absolute atomic E-state index is 0.599. The lowest BCUT2D eigenvalue weighted by Crippen LogP contribution is -1.99. The monoisotopic (exact) mass is 396 g/mol. The molecule has 0 fully saturated rings. The highest BCUT2D eigenvalue weighted by atomic mass is 35.5. The molecule has 0 unspecified atom stereocenters. The number of methoxy groups -OCH3 is 2. The van der Waals surface area contributed by atoms with Crippen molar-refractivity contribution in [2.24, 2.45) is 0 Å². The van der Waals surface area contributed by atoms with Crippen molar-refractivity contribution in [2.75, 3.05) is 14.2 Å². The summed E-state index contributed by atoms with van der Waals surface area (Å²) in [6.45, 7) is 0. The number of halogens is 2. The molecule has 27 heavy (non-hydrogen) atoms. The predicted octanol–water partition coefficient (Wildman–Crippen LogP) is 6.91. The van der Waals surface area contributed by atoms with E-state index >= 15 is 0 Å². The highest BCUT2D eigenvalue weighted by Gasteiger charge is 2.17. The molecule has 0 aliphatic rings. The van der Waals surface area contributed by atoms with Gasteiger partial charge < -0.3 is 9.47 Å². The lowest BCUT2D eigenvalue weighted by Gasteiger charge is -2.17. The third-order valence-electron chi connectivity index (χ3n) is 4.83. The van der Waals surface area contributed by atoms with Crippen LogP contribution in [0.15, 0.2) is 60.7 Å². The van der Waals surface area contributed by atoms with Crippen LogP contribution >= 0.6 is 23.2 Å². The van der Waals surface area contributed by atoms with Gasteiger partial charge in [-0.25, -0.2) is 0 Å². The van der Waals surface area contributed by atoms with Crippen LogP contribution in [0, 0.1) is 0 Å². The average Bonchev–Trinajstić information content (AvgIpc) is 2.69. The Morgan fingerprint density at radius 3 is 1.37 bits per heavy atom. The molecule has 0 N–H and O–H groups in total. The molecule has 0 saturated heterocycles. The van der Waals surface area contributed by atoms with Crippen LogP contribution in [0.25, 0.3) is 21.5 Å². The van der Waals surface area contributed by atoms with Gasteiger partial charge in [0.1, 0.15) is 11.5 Å². The minimum atomic E-state index is 0.599. The van der Waals surface area contributed by atoms with Gasteiger partial charge in [-0.05, 0) is 12.1 Å². The summed E-state index contributed by atoms with van der Waals surface area (Å²) < 4.78 is 11.5. The second-order valence-corrected chi connectivity index (χ2v) is 7.18. The van der Waals surface area contributed by atoms with E-state index in [-0.39, 0.29) is 0 Å². The minimum Gasteiger partial charge on any atom is -0.496 e. The van der Waals surface area contributed by atoms with Crippen LogP contribution in [0.5, 0.6) is 11.5 Å². The van der Waals surface area contributed by atoms with Crippen LogP contribution < -0.4 is 9.47 Å². The fourth-order valence-electron chi connectivity index (χ4n) is 3.67. The second-order valence-electron chi connectivity index (χ2n) is 6.37. The molecule has 0 aliphatic carbocycles. The first-order valence-corrected chi connectivity index (χ1v) is 9.38. The molecule has 0 atom stereocenters. The van der Waals surface area contributed by atoms with Crippen LogP contribution in [0.4, 0.5) is 0 Å². The fraction of sp³-hybridized carbons (Fsp3) is 0.130. The normalized spacial score (nSPS) is 11.1. The molecule has 4 rings (SSSR count). The van der Waals surface area contributed by atoms with Crippen molar-refractivity contribution < 1.29 is 9.47 Å². The van der Waals surface area contributed by atoms with Gasteiger partial charge in [-0.2, -0.15) is 0 Å². The highest BCUT2D eigenvalue weighted by Crippen LogP contribution is 2.40. The van der Waals surface area contributed by atoms with Crippen molar-refractivity contribution in [1.82, 2.24) is 0 Å². The van der Waals surface area contributed by atoms with Gasteiger partial charge in [0, 0.05) is 49.1 Å². The molecular formula is C23H18Cl2O2. The maximum Gasteiger partial charge on any atom is 0.130 e. The summed E-state index contributed by atoms with van der Waals surface area (Å²) in [5, 5.41) is 5.34. The van der Waals surface area contributed by atoms with Crippen molar-refractivity contribution in [3.63, 3.8) is 0 Å². The van der Waals surface area contributed by atoms with Gasteiger partial charge in [0.05, 0.1) is 14.2 Å². The van der Waals surface area contributed by atoms with Gasteiger partial charge in [0.2, 0.25) is 0 Å². The molecule has 0 bridgehead atoms. The fourth-order valence-corrected chi connectivity index (χ4v) is 4.26. The number of ether oxygens (including phenoxy) is 2. The van der Waals surface area contributed by atoms with Gasteiger partial charge >= 0.3 is 0 Å². The lowest BCUT2D eigenvalue weighted by molar-refractivity contribution is 0.410. The number of benzene rings is 4. The van der Waals surface area contributed by atoms with Gasteiger partial charge in [-0.15, -0.1) is 0 Å². The number of rotatable bonds is 4. The summed E-state index contributed by atoms with van der Waals surface area (Å²) in [6, 6.07) is 19.9. The Morgan fingerprint density at radius 2 is 1.00 bits per heavy atom. The molecule has 0 saturated carbocycles. The van der Waals surface area contributed by atoms with E-state index < -0.39 is 0 Å². The van der Waals surface area contributed by atoms with Crippen molar-refractivity contribution >= 4 is 44.7 Å². The Balaban J connectivity index is 1.92. The second kappa shape index (κ2) is 7.30. The Kier molecular flexibility index (Phi) is 4.86. The first kappa shape index (κ1) is 18.0. The van der Waals surface area contributed by atoms with E-state index in [1.54, 1.807) is 14.2 Å². The molecule has 2 nitrogen and oxygen atoms in total. The maximum atomic E-state index is 6.54. The van der Waals surface area contributed by atoms with Crippen LogP contribution in [0.2, 0.25) is 10.0 Å². The van der Waals surface area contributed by atoms with Crippen LogP contribution in [0.3, 0.4) is 0 Å². The first-order valence-electron chi connectivity index (χ1n) is 8.62. The standard InChI is InChI=1S/C23H18Cl2O2/c1-26-22-14(12-20(24)16-7-3-5-9-18(16)22)11-15-13-21(25)17-8-4-6-10-19(17)23(15)27-2/h3-10,12-13H,11H2,1-2H3.